The molecule has 4 fully saturated rings. The number of ether oxygens (including phenoxy) is 7. The van der Waals surface area contributed by atoms with Crippen LogP contribution in [0.1, 0.15) is 166 Å². The highest BCUT2D eigenvalue weighted by Crippen LogP contribution is 2.63. The van der Waals surface area contributed by atoms with Gasteiger partial charge in [0.15, 0.2) is 18.2 Å². The van der Waals surface area contributed by atoms with Crippen LogP contribution in [0.2, 0.25) is 0 Å². The Morgan fingerprint density at radius 2 is 1.45 bits per heavy atom. The molecule has 0 radical (unpaired) electrons. The number of nitrogens with one attached hydrogen (secondary N) is 1. The van der Waals surface area contributed by atoms with Gasteiger partial charge in [-0.2, -0.15) is 0 Å². The number of ketones is 1. The summed E-state index contributed by atoms with van der Waals surface area (Å²) in [5.41, 5.74) is -7.16. The Hall–Kier alpha value is -5.01. The zero-order valence-electron chi connectivity index (χ0n) is 45.8. The molecule has 0 spiro atoms. The van der Waals surface area contributed by atoms with Crippen molar-refractivity contribution >= 4 is 29.8 Å². The molecule has 7 rings (SSSR count). The summed E-state index contributed by atoms with van der Waals surface area (Å²) in [4.78, 5) is 70.9. The number of hydrogen-bond donors (Lipinski definition) is 5. The molecule has 2 saturated heterocycles. The fraction of sp³-hybridized carbons (Fsp3) is 0.650. The van der Waals surface area contributed by atoms with E-state index in [4.69, 9.17) is 33.2 Å². The van der Waals surface area contributed by atoms with Crippen molar-refractivity contribution in [2.45, 2.75) is 211 Å². The third kappa shape index (κ3) is 13.2. The highest BCUT2D eigenvalue weighted by molar-refractivity contribution is 5.96. The van der Waals surface area contributed by atoms with Gasteiger partial charge in [-0.1, -0.05) is 133 Å². The fourth-order valence-corrected chi connectivity index (χ4v) is 12.4. The lowest BCUT2D eigenvalue weighted by atomic mass is 9.45. The smallest absolute Gasteiger partial charge is 0.455 e. The van der Waals surface area contributed by atoms with Crippen molar-refractivity contribution in [1.82, 2.24) is 5.32 Å². The molecular formula is C60H83NO16. The van der Waals surface area contributed by atoms with Crippen LogP contribution in [-0.2, 0) is 47.5 Å². The van der Waals surface area contributed by atoms with Crippen molar-refractivity contribution in [3.05, 3.63) is 95.1 Å². The molecule has 3 aliphatic carbocycles. The summed E-state index contributed by atoms with van der Waals surface area (Å²) in [5.74, 6) is -5.14. The molecule has 17 heteroatoms. The van der Waals surface area contributed by atoms with Crippen LogP contribution in [0, 0.1) is 16.7 Å². The van der Waals surface area contributed by atoms with Gasteiger partial charge in [-0.05, 0) is 81.2 Å². The molecule has 2 saturated carbocycles. The Morgan fingerprint density at radius 3 is 2.08 bits per heavy atom. The first-order valence-corrected chi connectivity index (χ1v) is 28.0. The zero-order valence-corrected chi connectivity index (χ0v) is 45.8. The molecule has 2 aromatic carbocycles. The van der Waals surface area contributed by atoms with Crippen LogP contribution >= 0.6 is 0 Å². The molecule has 0 unspecified atom stereocenters. The van der Waals surface area contributed by atoms with E-state index in [2.05, 4.69) is 24.4 Å². The summed E-state index contributed by atoms with van der Waals surface area (Å²) in [6.45, 7) is 8.86. The van der Waals surface area contributed by atoms with E-state index in [0.717, 1.165) is 51.9 Å². The average molecular weight is 1070 g/mol. The second kappa shape index (κ2) is 26.3. The third-order valence-corrected chi connectivity index (χ3v) is 17.1. The largest absolute Gasteiger partial charge is 0.509 e. The molecule has 77 heavy (non-hydrogen) atoms. The van der Waals surface area contributed by atoms with E-state index in [9.17, 15) is 34.8 Å². The van der Waals surface area contributed by atoms with Gasteiger partial charge in [0.05, 0.1) is 36.9 Å². The molecule has 424 valence electrons. The lowest BCUT2D eigenvalue weighted by molar-refractivity contribution is -0.344. The van der Waals surface area contributed by atoms with Crippen LogP contribution in [0.4, 0.5) is 4.79 Å². The highest BCUT2D eigenvalue weighted by atomic mass is 16.8. The second-order valence-corrected chi connectivity index (χ2v) is 22.6. The second-order valence-electron chi connectivity index (χ2n) is 22.6. The number of allylic oxidation sites excluding steroid dienone is 2. The molecule has 1 amide bonds. The van der Waals surface area contributed by atoms with Crippen molar-refractivity contribution in [1.29, 1.82) is 0 Å². The quantitative estimate of drug-likeness (QED) is 0.0272. The number of aliphatic hydroxyl groups is 4. The van der Waals surface area contributed by atoms with Gasteiger partial charge in [0.2, 0.25) is 6.10 Å². The van der Waals surface area contributed by atoms with Crippen LogP contribution < -0.4 is 5.32 Å². The number of carbonyl (C=O) groups is 5. The summed E-state index contributed by atoms with van der Waals surface area (Å²) < 4.78 is 41.1. The first-order chi connectivity index (χ1) is 36.8. The zero-order chi connectivity index (χ0) is 55.5. The third-order valence-electron chi connectivity index (χ3n) is 17.1. The minimum absolute atomic E-state index is 0.00245. The molecule has 2 aliphatic heterocycles. The molecule has 0 aromatic heterocycles. The van der Waals surface area contributed by atoms with E-state index < -0.39 is 119 Å². The molecule has 5 aliphatic rings. The average Bonchev–Trinajstić information content (AvgIpc) is 3.94. The number of benzene rings is 2. The number of carbonyl (C=O) groups excluding carboxylic acids is 5. The number of Topliss-reactive ketones (excluding diaryl/α,β-unsaturated/α-hetero) is 1. The predicted octanol–water partition coefficient (Wildman–Crippen LogP) is 8.24. The Morgan fingerprint density at radius 1 is 0.831 bits per heavy atom. The van der Waals surface area contributed by atoms with Gasteiger partial charge in [-0.25, -0.2) is 9.59 Å². The van der Waals surface area contributed by atoms with E-state index >= 15 is 9.59 Å². The summed E-state index contributed by atoms with van der Waals surface area (Å²) in [6.07, 6.45) is 7.83. The fourth-order valence-electron chi connectivity index (χ4n) is 12.4. The van der Waals surface area contributed by atoms with E-state index in [1.807, 2.05) is 0 Å². The molecule has 13 atom stereocenters. The van der Waals surface area contributed by atoms with Crippen molar-refractivity contribution < 1.29 is 77.6 Å². The molecule has 2 heterocycles. The number of hydrogen-bond acceptors (Lipinski definition) is 16. The van der Waals surface area contributed by atoms with Gasteiger partial charge in [-0.15, -0.1) is 0 Å². The Bertz CT molecular complexity index is 2390. The molecule has 17 nitrogen and oxygen atoms in total. The van der Waals surface area contributed by atoms with Crippen molar-refractivity contribution in [2.75, 3.05) is 19.8 Å². The van der Waals surface area contributed by atoms with Crippen LogP contribution in [0.3, 0.4) is 0 Å². The van der Waals surface area contributed by atoms with Crippen molar-refractivity contribution in [2.24, 2.45) is 16.7 Å². The molecule has 2 aromatic rings. The van der Waals surface area contributed by atoms with Crippen LogP contribution in [-0.4, -0.2) is 130 Å². The number of esters is 2. The number of rotatable bonds is 25. The monoisotopic (exact) mass is 1070 g/mol. The number of aliphatic hydroxyl groups excluding tert-OH is 2. The number of amides is 1. The standard InChI is InChI=1S/C60H83NO16/c1-7-8-9-10-11-12-13-14-15-16-17-18-19-20-27-32-46-71-35-42(75-46)36-72-56(68)77-50(48(40-28-23-21-24-29-40)61-54(66)41-30-25-22-26-31-41)55(67)76-43-34-60(70)53(65)51-58(6,44(63)33-45-59(51,69)37-73-45)52(64)49(74-39(3)62)47(38(43)2)57(60,4)5/h14-15,21-26,28-31,42-46,48-51,53,63,65,69-70H,7-13,16-20,27,32-37H2,1-6H3,(H,61,66)/b15-14-/t42-,43-,44-,45+,46-,48-,49+,50+,51-,53-,58+,59-,60+/m0/s1. The maximum absolute atomic E-state index is 15.1. The van der Waals surface area contributed by atoms with Gasteiger partial charge >= 0.3 is 18.1 Å². The summed E-state index contributed by atoms with van der Waals surface area (Å²) in [6, 6.07) is 15.0. The first-order valence-electron chi connectivity index (χ1n) is 28.0. The van der Waals surface area contributed by atoms with Crippen molar-refractivity contribution in [3.8, 4) is 0 Å². The van der Waals surface area contributed by atoms with Gasteiger partial charge in [-0.3, -0.25) is 14.4 Å². The van der Waals surface area contributed by atoms with E-state index in [0.29, 0.717) is 12.0 Å². The molecule has 2 bridgehead atoms. The maximum Gasteiger partial charge on any atom is 0.509 e. The van der Waals surface area contributed by atoms with E-state index in [-0.39, 0.29) is 43.0 Å². The summed E-state index contributed by atoms with van der Waals surface area (Å²) >= 11 is 0. The minimum atomic E-state index is -2.37. The summed E-state index contributed by atoms with van der Waals surface area (Å²) in [7, 11) is 0. The Balaban J connectivity index is 1.06. The predicted molar refractivity (Wildman–Crippen MR) is 283 cm³/mol. The Kier molecular flexibility index (Phi) is 20.4. The lowest BCUT2D eigenvalue weighted by Gasteiger charge is -2.66. The normalized spacial score (nSPS) is 31.2. The SMILES string of the molecule is CCCCCCCC/C=C\CCCCCCC[C@H]1OC[C@@H](COC(=O)O[C@@H](C(=O)O[C@H]2C[C@@]3(O)[C@@H](O)[C@@H]4[C@]5(O)CO[C@@H]5C[C@H](O)[C@@]4(C)C(=O)[C@H](OC(C)=O)C(=C2C)C3(C)C)[C@@H](NC(=O)c2ccccc2)c2ccccc2)O1. The van der Waals surface area contributed by atoms with Crippen molar-refractivity contribution in [3.63, 3.8) is 0 Å². The number of fused-ring (bicyclic) bond motifs is 5. The highest BCUT2D eigenvalue weighted by Gasteiger charge is 2.75. The van der Waals surface area contributed by atoms with Gasteiger partial charge in [0, 0.05) is 36.7 Å². The van der Waals surface area contributed by atoms with Crippen LogP contribution in [0.5, 0.6) is 0 Å². The van der Waals surface area contributed by atoms with E-state index in [1.54, 1.807) is 74.5 Å². The van der Waals surface area contributed by atoms with Gasteiger partial charge in [0.1, 0.15) is 36.1 Å². The van der Waals surface area contributed by atoms with Crippen LogP contribution in [0.25, 0.3) is 0 Å². The Labute approximate surface area is 453 Å². The molecular weight excluding hydrogens is 991 g/mol. The van der Waals surface area contributed by atoms with Gasteiger partial charge < -0.3 is 58.9 Å². The van der Waals surface area contributed by atoms with Crippen LogP contribution in [0.15, 0.2) is 84.0 Å². The molecule has 5 N–H and O–H groups in total. The first kappa shape index (κ1) is 59.6. The summed E-state index contributed by atoms with van der Waals surface area (Å²) in [5, 5.41) is 52.4. The maximum atomic E-state index is 15.1. The topological polar surface area (TPSA) is 243 Å². The lowest BCUT2D eigenvalue weighted by Crippen LogP contribution is -2.80. The van der Waals surface area contributed by atoms with E-state index in [1.165, 1.54) is 52.4 Å². The van der Waals surface area contributed by atoms with Gasteiger partial charge in [0.25, 0.3) is 5.91 Å². The minimum Gasteiger partial charge on any atom is -0.455 e. The number of unbranched alkanes of at least 4 members (excludes halogenated alkanes) is 11.